The van der Waals surface area contributed by atoms with Crippen molar-refractivity contribution in [2.45, 2.75) is 51.0 Å². The van der Waals surface area contributed by atoms with Crippen LogP contribution in [0, 0.1) is 5.92 Å². The highest BCUT2D eigenvalue weighted by molar-refractivity contribution is 7.80. The number of hydrogen-bond donors (Lipinski definition) is 1. The maximum absolute atomic E-state index is 5.55. The molecule has 2 fully saturated rings. The first-order valence-corrected chi connectivity index (χ1v) is 8.26. The van der Waals surface area contributed by atoms with Gasteiger partial charge in [-0.3, -0.25) is 0 Å². The van der Waals surface area contributed by atoms with E-state index in [4.69, 9.17) is 12.2 Å². The number of nitrogens with zero attached hydrogens (tertiary/aromatic N) is 2. The fourth-order valence-corrected chi connectivity index (χ4v) is 3.49. The van der Waals surface area contributed by atoms with Crippen molar-refractivity contribution in [3.8, 4) is 0 Å². The van der Waals surface area contributed by atoms with Gasteiger partial charge in [0.2, 0.25) is 0 Å². The molecule has 1 saturated heterocycles. The topological polar surface area (TPSA) is 18.5 Å². The zero-order chi connectivity index (χ0) is 13.7. The first kappa shape index (κ1) is 15.0. The highest BCUT2D eigenvalue weighted by Crippen LogP contribution is 2.19. The molecule has 0 spiro atoms. The van der Waals surface area contributed by atoms with Crippen molar-refractivity contribution >= 4 is 17.3 Å². The number of rotatable bonds is 3. The van der Waals surface area contributed by atoms with Gasteiger partial charge in [0.15, 0.2) is 5.11 Å². The summed E-state index contributed by atoms with van der Waals surface area (Å²) in [5, 5.41) is 4.53. The lowest BCUT2D eigenvalue weighted by molar-refractivity contribution is 0.199. The van der Waals surface area contributed by atoms with Crippen molar-refractivity contribution in [2.24, 2.45) is 5.92 Å². The van der Waals surface area contributed by atoms with E-state index in [-0.39, 0.29) is 0 Å². The summed E-state index contributed by atoms with van der Waals surface area (Å²) in [6.07, 6.45) is 9.33. The molecule has 2 rings (SSSR count). The molecule has 0 aromatic carbocycles. The van der Waals surface area contributed by atoms with E-state index >= 15 is 0 Å². The molecule has 0 amide bonds. The number of likely N-dealkylation sites (tertiary alicyclic amines) is 1. The van der Waals surface area contributed by atoms with Gasteiger partial charge in [-0.1, -0.05) is 19.3 Å². The van der Waals surface area contributed by atoms with Gasteiger partial charge in [-0.25, -0.2) is 0 Å². The highest BCUT2D eigenvalue weighted by Gasteiger charge is 2.20. The van der Waals surface area contributed by atoms with Crippen molar-refractivity contribution < 1.29 is 0 Å². The molecule has 0 radical (unpaired) electrons. The molecule has 1 saturated carbocycles. The number of thiocarbonyl (C=S) groups is 1. The molecule has 0 aromatic rings. The molecule has 19 heavy (non-hydrogen) atoms. The first-order valence-electron chi connectivity index (χ1n) is 7.85. The molecule has 110 valence electrons. The third kappa shape index (κ3) is 4.92. The molecular weight excluding hydrogens is 254 g/mol. The predicted molar refractivity (Wildman–Crippen MR) is 85.5 cm³/mol. The molecule has 1 aliphatic heterocycles. The molecule has 0 atom stereocenters. The van der Waals surface area contributed by atoms with E-state index in [1.54, 1.807) is 0 Å². The van der Waals surface area contributed by atoms with E-state index in [9.17, 15) is 0 Å². The van der Waals surface area contributed by atoms with E-state index in [1.807, 2.05) is 0 Å². The smallest absolute Gasteiger partial charge is 0.168 e. The van der Waals surface area contributed by atoms with Crippen LogP contribution in [0.5, 0.6) is 0 Å². The fraction of sp³-hybridized carbons (Fsp3) is 0.933. The van der Waals surface area contributed by atoms with Gasteiger partial charge in [-0.15, -0.1) is 0 Å². The van der Waals surface area contributed by atoms with E-state index in [2.05, 4.69) is 29.2 Å². The number of piperidine rings is 1. The maximum Gasteiger partial charge on any atom is 0.168 e. The summed E-state index contributed by atoms with van der Waals surface area (Å²) >= 11 is 5.55. The Morgan fingerprint density at radius 1 is 1.16 bits per heavy atom. The average molecular weight is 283 g/mol. The third-order valence-electron chi connectivity index (χ3n) is 4.65. The Bertz CT molecular complexity index is 281. The Labute approximate surface area is 123 Å². The summed E-state index contributed by atoms with van der Waals surface area (Å²) in [5.41, 5.74) is 0. The first-order chi connectivity index (χ1) is 9.15. The molecule has 1 heterocycles. The molecule has 3 nitrogen and oxygen atoms in total. The molecule has 0 bridgehead atoms. The second-order valence-corrected chi connectivity index (χ2v) is 6.80. The van der Waals surface area contributed by atoms with Crippen LogP contribution in [0.25, 0.3) is 0 Å². The lowest BCUT2D eigenvalue weighted by Crippen LogP contribution is -2.46. The maximum atomic E-state index is 5.55. The molecule has 4 heteroatoms. The molecule has 1 N–H and O–H groups in total. The summed E-state index contributed by atoms with van der Waals surface area (Å²) in [4.78, 5) is 4.69. The molecular formula is C15H29N3S. The Kier molecular flexibility index (Phi) is 5.89. The van der Waals surface area contributed by atoms with Crippen LogP contribution in [0.2, 0.25) is 0 Å². The lowest BCUT2D eigenvalue weighted by atomic mass is 9.95. The van der Waals surface area contributed by atoms with E-state index in [0.717, 1.165) is 17.6 Å². The van der Waals surface area contributed by atoms with Crippen LogP contribution < -0.4 is 5.32 Å². The van der Waals surface area contributed by atoms with Gasteiger partial charge < -0.3 is 15.1 Å². The number of hydrogen-bond acceptors (Lipinski definition) is 2. The van der Waals surface area contributed by atoms with Crippen molar-refractivity contribution in [1.82, 2.24) is 15.1 Å². The third-order valence-corrected chi connectivity index (χ3v) is 5.08. The minimum atomic E-state index is 0.626. The van der Waals surface area contributed by atoms with Gasteiger partial charge in [0.25, 0.3) is 0 Å². The van der Waals surface area contributed by atoms with Gasteiger partial charge in [-0.05, 0) is 64.0 Å². The molecule has 1 aliphatic carbocycles. The number of nitrogens with one attached hydrogen (secondary N) is 1. The SMILES string of the molecule is CN1CCC(CN(C)C(=S)NC2CCCCC2)CC1. The highest BCUT2D eigenvalue weighted by atomic mass is 32.1. The average Bonchev–Trinajstić information content (AvgIpc) is 2.42. The minimum absolute atomic E-state index is 0.626. The normalized spacial score (nSPS) is 23.3. The summed E-state index contributed by atoms with van der Waals surface area (Å²) in [7, 11) is 4.37. The Morgan fingerprint density at radius 2 is 1.79 bits per heavy atom. The fourth-order valence-electron chi connectivity index (χ4n) is 3.25. The minimum Gasteiger partial charge on any atom is -0.360 e. The van der Waals surface area contributed by atoms with Crippen LogP contribution in [0.4, 0.5) is 0 Å². The van der Waals surface area contributed by atoms with E-state index in [0.29, 0.717) is 6.04 Å². The van der Waals surface area contributed by atoms with Gasteiger partial charge in [0.05, 0.1) is 0 Å². The summed E-state index contributed by atoms with van der Waals surface area (Å²) in [6.45, 7) is 3.59. The molecule has 0 unspecified atom stereocenters. The van der Waals surface area contributed by atoms with E-state index in [1.165, 1.54) is 58.0 Å². The summed E-state index contributed by atoms with van der Waals surface area (Å²) in [6, 6.07) is 0.626. The summed E-state index contributed by atoms with van der Waals surface area (Å²) in [5.74, 6) is 0.812. The van der Waals surface area contributed by atoms with Crippen LogP contribution in [0.15, 0.2) is 0 Å². The zero-order valence-corrected chi connectivity index (χ0v) is 13.3. The van der Waals surface area contributed by atoms with E-state index < -0.39 is 0 Å². The second kappa shape index (κ2) is 7.44. The summed E-state index contributed by atoms with van der Waals surface area (Å²) < 4.78 is 0. The molecule has 2 aliphatic rings. The van der Waals surface area contributed by atoms with Crippen molar-refractivity contribution in [1.29, 1.82) is 0 Å². The Hall–Kier alpha value is -0.350. The van der Waals surface area contributed by atoms with Gasteiger partial charge >= 0.3 is 0 Å². The van der Waals surface area contributed by atoms with Crippen molar-refractivity contribution in [2.75, 3.05) is 33.7 Å². The van der Waals surface area contributed by atoms with Gasteiger partial charge in [-0.2, -0.15) is 0 Å². The van der Waals surface area contributed by atoms with Crippen LogP contribution in [-0.2, 0) is 0 Å². The monoisotopic (exact) mass is 283 g/mol. The molecule has 0 aromatic heterocycles. The van der Waals surface area contributed by atoms with Crippen molar-refractivity contribution in [3.63, 3.8) is 0 Å². The predicted octanol–water partition coefficient (Wildman–Crippen LogP) is 2.47. The standard InChI is InChI=1S/C15H29N3S/c1-17-10-8-13(9-11-17)12-18(2)15(19)16-14-6-4-3-5-7-14/h13-14H,3-12H2,1-2H3,(H,16,19). The Morgan fingerprint density at radius 3 is 2.42 bits per heavy atom. The zero-order valence-electron chi connectivity index (χ0n) is 12.5. The van der Waals surface area contributed by atoms with Crippen LogP contribution >= 0.6 is 12.2 Å². The van der Waals surface area contributed by atoms with Crippen molar-refractivity contribution in [3.05, 3.63) is 0 Å². The Balaban J connectivity index is 1.69. The quantitative estimate of drug-likeness (QED) is 0.802. The van der Waals surface area contributed by atoms with Crippen LogP contribution in [-0.4, -0.2) is 54.7 Å². The van der Waals surface area contributed by atoms with Crippen LogP contribution in [0.3, 0.4) is 0 Å². The largest absolute Gasteiger partial charge is 0.360 e. The van der Waals surface area contributed by atoms with Crippen LogP contribution in [0.1, 0.15) is 44.9 Å². The lowest BCUT2D eigenvalue weighted by Gasteiger charge is -2.34. The van der Waals surface area contributed by atoms with Gasteiger partial charge in [0.1, 0.15) is 0 Å². The van der Waals surface area contributed by atoms with Gasteiger partial charge in [0, 0.05) is 19.6 Å². The second-order valence-electron chi connectivity index (χ2n) is 6.41.